The number of amides is 1. The first-order chi connectivity index (χ1) is 9.93. The Morgan fingerprint density at radius 3 is 2.57 bits per heavy atom. The molecule has 0 bridgehead atoms. The standard InChI is InChI=1S/C16H23NO4/c1-4-8-17(9-7-16(19)20)15(18)11-21-14-10-12(2)5-6-13(14)3/h5-6,10H,4,7-9,11H2,1-3H3,(H,19,20). The summed E-state index contributed by atoms with van der Waals surface area (Å²) in [7, 11) is 0. The number of carboxylic acid groups (broad SMARTS) is 1. The quantitative estimate of drug-likeness (QED) is 0.799. The summed E-state index contributed by atoms with van der Waals surface area (Å²) in [5.74, 6) is -0.392. The minimum atomic E-state index is -0.903. The highest BCUT2D eigenvalue weighted by atomic mass is 16.5. The van der Waals surface area contributed by atoms with Gasteiger partial charge >= 0.3 is 5.97 Å². The molecule has 1 N–H and O–H groups in total. The van der Waals surface area contributed by atoms with Crippen LogP contribution in [0.2, 0.25) is 0 Å². The van der Waals surface area contributed by atoms with Crippen LogP contribution in [-0.4, -0.2) is 41.6 Å². The van der Waals surface area contributed by atoms with Gasteiger partial charge in [0.15, 0.2) is 6.61 Å². The highest BCUT2D eigenvalue weighted by Gasteiger charge is 2.15. The Bertz CT molecular complexity index is 499. The van der Waals surface area contributed by atoms with Crippen LogP contribution >= 0.6 is 0 Å². The number of ether oxygens (including phenoxy) is 1. The van der Waals surface area contributed by atoms with E-state index in [0.717, 1.165) is 17.5 Å². The van der Waals surface area contributed by atoms with Crippen LogP contribution in [0.5, 0.6) is 5.75 Å². The number of carbonyl (C=O) groups is 2. The molecular formula is C16H23NO4. The second kappa shape index (κ2) is 8.29. The van der Waals surface area contributed by atoms with Gasteiger partial charge in [-0.3, -0.25) is 9.59 Å². The maximum Gasteiger partial charge on any atom is 0.305 e. The number of rotatable bonds is 8. The third-order valence-corrected chi connectivity index (χ3v) is 3.14. The average Bonchev–Trinajstić information content (AvgIpc) is 2.43. The molecule has 5 heteroatoms. The third kappa shape index (κ3) is 5.85. The predicted octanol–water partition coefficient (Wildman–Crippen LogP) is 2.40. The van der Waals surface area contributed by atoms with Gasteiger partial charge in [-0.15, -0.1) is 0 Å². The van der Waals surface area contributed by atoms with Crippen molar-refractivity contribution in [2.45, 2.75) is 33.6 Å². The molecule has 0 heterocycles. The fourth-order valence-electron chi connectivity index (χ4n) is 1.96. The van der Waals surface area contributed by atoms with Crippen LogP contribution in [0.1, 0.15) is 30.9 Å². The molecule has 0 spiro atoms. The third-order valence-electron chi connectivity index (χ3n) is 3.14. The van der Waals surface area contributed by atoms with Crippen LogP contribution in [0.4, 0.5) is 0 Å². The zero-order chi connectivity index (χ0) is 15.8. The molecule has 1 amide bonds. The summed E-state index contributed by atoms with van der Waals surface area (Å²) in [6.07, 6.45) is 0.740. The number of benzene rings is 1. The predicted molar refractivity (Wildman–Crippen MR) is 80.5 cm³/mol. The van der Waals surface area contributed by atoms with Crippen molar-refractivity contribution >= 4 is 11.9 Å². The number of carboxylic acids is 1. The van der Waals surface area contributed by atoms with Crippen LogP contribution in [0, 0.1) is 13.8 Å². The van der Waals surface area contributed by atoms with Crippen LogP contribution in [-0.2, 0) is 9.59 Å². The lowest BCUT2D eigenvalue weighted by molar-refractivity contribution is -0.139. The minimum absolute atomic E-state index is 0.0464. The molecule has 0 fully saturated rings. The zero-order valence-electron chi connectivity index (χ0n) is 12.9. The number of hydrogen-bond acceptors (Lipinski definition) is 3. The van der Waals surface area contributed by atoms with Gasteiger partial charge in [0, 0.05) is 13.1 Å². The maximum atomic E-state index is 12.1. The van der Waals surface area contributed by atoms with Crippen LogP contribution in [0.15, 0.2) is 18.2 Å². The molecule has 21 heavy (non-hydrogen) atoms. The zero-order valence-corrected chi connectivity index (χ0v) is 12.9. The van der Waals surface area contributed by atoms with Crippen LogP contribution in [0.25, 0.3) is 0 Å². The summed E-state index contributed by atoms with van der Waals surface area (Å²) in [5, 5.41) is 8.72. The molecule has 0 unspecified atom stereocenters. The molecule has 0 aliphatic carbocycles. The molecule has 5 nitrogen and oxygen atoms in total. The lowest BCUT2D eigenvalue weighted by atomic mass is 10.1. The summed E-state index contributed by atoms with van der Waals surface area (Å²) >= 11 is 0. The highest BCUT2D eigenvalue weighted by Crippen LogP contribution is 2.19. The van der Waals surface area contributed by atoms with Gasteiger partial charge in [0.2, 0.25) is 0 Å². The van der Waals surface area contributed by atoms with E-state index in [1.54, 1.807) is 4.90 Å². The highest BCUT2D eigenvalue weighted by molar-refractivity contribution is 5.78. The van der Waals surface area contributed by atoms with E-state index < -0.39 is 5.97 Å². The number of carbonyl (C=O) groups excluding carboxylic acids is 1. The first kappa shape index (κ1) is 17.0. The summed E-state index contributed by atoms with van der Waals surface area (Å²) < 4.78 is 5.57. The number of aryl methyl sites for hydroxylation is 2. The Balaban J connectivity index is 2.60. The summed E-state index contributed by atoms with van der Waals surface area (Å²) in [6, 6.07) is 5.83. The Hall–Kier alpha value is -2.04. The van der Waals surface area contributed by atoms with Crippen molar-refractivity contribution in [2.24, 2.45) is 0 Å². The average molecular weight is 293 g/mol. The van der Waals surface area contributed by atoms with Crippen molar-refractivity contribution in [1.29, 1.82) is 0 Å². The SMILES string of the molecule is CCCN(CCC(=O)O)C(=O)COc1cc(C)ccc1C. The number of aliphatic carboxylic acids is 1. The first-order valence-corrected chi connectivity index (χ1v) is 7.13. The minimum Gasteiger partial charge on any atom is -0.483 e. The van der Waals surface area contributed by atoms with Gasteiger partial charge in [0.25, 0.3) is 5.91 Å². The van der Waals surface area contributed by atoms with Gasteiger partial charge in [-0.1, -0.05) is 19.1 Å². The molecule has 0 saturated carbocycles. The van der Waals surface area contributed by atoms with Gasteiger partial charge in [-0.2, -0.15) is 0 Å². The molecule has 0 aliphatic heterocycles. The van der Waals surface area contributed by atoms with Gasteiger partial charge < -0.3 is 14.7 Å². The summed E-state index contributed by atoms with van der Waals surface area (Å²) in [4.78, 5) is 24.3. The summed E-state index contributed by atoms with van der Waals surface area (Å²) in [5.41, 5.74) is 2.04. The van der Waals surface area contributed by atoms with Crippen molar-refractivity contribution in [3.05, 3.63) is 29.3 Å². The van der Waals surface area contributed by atoms with E-state index in [2.05, 4.69) is 0 Å². The van der Waals surface area contributed by atoms with E-state index in [0.29, 0.717) is 12.3 Å². The number of hydrogen-bond donors (Lipinski definition) is 1. The fraction of sp³-hybridized carbons (Fsp3) is 0.500. The van der Waals surface area contributed by atoms with Crippen molar-refractivity contribution < 1.29 is 19.4 Å². The Kier molecular flexibility index (Phi) is 6.72. The second-order valence-electron chi connectivity index (χ2n) is 5.08. The molecule has 1 rings (SSSR count). The van der Waals surface area contributed by atoms with Crippen LogP contribution < -0.4 is 4.74 Å². The lowest BCUT2D eigenvalue weighted by Crippen LogP contribution is -2.37. The molecule has 116 valence electrons. The molecule has 1 aromatic rings. The van der Waals surface area contributed by atoms with Gasteiger partial charge in [0.05, 0.1) is 6.42 Å². The smallest absolute Gasteiger partial charge is 0.305 e. The molecule has 0 aliphatic rings. The van der Waals surface area contributed by atoms with Gasteiger partial charge in [-0.05, 0) is 37.5 Å². The molecule has 0 atom stereocenters. The Morgan fingerprint density at radius 1 is 1.24 bits per heavy atom. The van der Waals surface area contributed by atoms with Gasteiger partial charge in [0.1, 0.15) is 5.75 Å². The lowest BCUT2D eigenvalue weighted by Gasteiger charge is -2.21. The van der Waals surface area contributed by atoms with E-state index in [1.807, 2.05) is 39.0 Å². The Labute approximate surface area is 125 Å². The fourth-order valence-corrected chi connectivity index (χ4v) is 1.96. The van der Waals surface area contributed by atoms with Crippen molar-refractivity contribution in [1.82, 2.24) is 4.90 Å². The second-order valence-corrected chi connectivity index (χ2v) is 5.08. The Morgan fingerprint density at radius 2 is 1.95 bits per heavy atom. The van der Waals surface area contributed by atoms with Crippen molar-refractivity contribution in [2.75, 3.05) is 19.7 Å². The topological polar surface area (TPSA) is 66.8 Å². The maximum absolute atomic E-state index is 12.1. The number of nitrogens with zero attached hydrogens (tertiary/aromatic N) is 1. The monoisotopic (exact) mass is 293 g/mol. The molecule has 0 aromatic heterocycles. The summed E-state index contributed by atoms with van der Waals surface area (Å²) in [6.45, 7) is 6.54. The van der Waals surface area contributed by atoms with Crippen molar-refractivity contribution in [3.8, 4) is 5.75 Å². The molecule has 1 aromatic carbocycles. The van der Waals surface area contributed by atoms with E-state index in [9.17, 15) is 9.59 Å². The normalized spacial score (nSPS) is 10.2. The van der Waals surface area contributed by atoms with E-state index in [4.69, 9.17) is 9.84 Å². The van der Waals surface area contributed by atoms with E-state index >= 15 is 0 Å². The first-order valence-electron chi connectivity index (χ1n) is 7.13. The van der Waals surface area contributed by atoms with Crippen molar-refractivity contribution in [3.63, 3.8) is 0 Å². The largest absolute Gasteiger partial charge is 0.483 e. The molecular weight excluding hydrogens is 270 g/mol. The van der Waals surface area contributed by atoms with E-state index in [1.165, 1.54) is 0 Å². The molecule has 0 saturated heterocycles. The molecule has 0 radical (unpaired) electrons. The van der Waals surface area contributed by atoms with E-state index in [-0.39, 0.29) is 25.5 Å². The van der Waals surface area contributed by atoms with Gasteiger partial charge in [-0.25, -0.2) is 0 Å². The van der Waals surface area contributed by atoms with Crippen LogP contribution in [0.3, 0.4) is 0 Å².